The molecule has 0 radical (unpaired) electrons. The van der Waals surface area contributed by atoms with Crippen LogP contribution in [0.4, 0.5) is 0 Å². The predicted octanol–water partition coefficient (Wildman–Crippen LogP) is 0.667. The number of primary sulfonamides is 1. The van der Waals surface area contributed by atoms with Crippen molar-refractivity contribution >= 4 is 22.6 Å². The van der Waals surface area contributed by atoms with Crippen molar-refractivity contribution in [1.82, 2.24) is 0 Å². The van der Waals surface area contributed by atoms with Crippen molar-refractivity contribution in [2.75, 3.05) is 13.2 Å². The minimum absolute atomic E-state index is 0.0628. The Hall–Kier alpha value is -1.67. The first-order chi connectivity index (χ1) is 10.6. The molecule has 1 aliphatic rings. The average molecular weight is 317 g/mol. The third kappa shape index (κ3) is 3.22. The predicted molar refractivity (Wildman–Crippen MR) is 84.4 cm³/mol. The molecule has 2 aromatic rings. The first-order valence-corrected chi connectivity index (χ1v) is 8.52. The molecular weight excluding hydrogens is 301 g/mol. The highest BCUT2D eigenvalue weighted by atomic mass is 32.2. The van der Waals surface area contributed by atoms with Crippen molar-refractivity contribution in [3.8, 4) is 0 Å². The van der Waals surface area contributed by atoms with E-state index in [4.69, 9.17) is 14.4 Å². The summed E-state index contributed by atoms with van der Waals surface area (Å²) in [5, 5.41) is 5.35. The van der Waals surface area contributed by atoms with E-state index in [0.717, 1.165) is 11.1 Å². The monoisotopic (exact) mass is 317 g/mol. The molecule has 0 aliphatic carbocycles. The van der Waals surface area contributed by atoms with Gasteiger partial charge in [-0.05, 0) is 23.6 Å². The Balaban J connectivity index is 2.09. The molecule has 3 rings (SSSR count). The van der Waals surface area contributed by atoms with Crippen LogP contribution in [0.1, 0.15) is 11.1 Å². The summed E-state index contributed by atoms with van der Waals surface area (Å²) in [6.07, 6.45) is 0.586. The van der Waals surface area contributed by atoms with Crippen molar-refractivity contribution < 1.29 is 17.7 Å². The molecule has 2 aromatic carbocycles. The lowest BCUT2D eigenvalue weighted by molar-refractivity contribution is 0.365. The van der Waals surface area contributed by atoms with Crippen molar-refractivity contribution in [2.24, 2.45) is 5.14 Å². The zero-order valence-electron chi connectivity index (χ0n) is 11.9. The maximum Gasteiger partial charge on any atom is 0.495 e. The number of hydrogen-bond acceptors (Lipinski definition) is 4. The maximum absolute atomic E-state index is 11.9. The molecule has 0 aromatic heterocycles. The van der Waals surface area contributed by atoms with E-state index in [2.05, 4.69) is 0 Å². The van der Waals surface area contributed by atoms with Gasteiger partial charge in [0.15, 0.2) is 0 Å². The van der Waals surface area contributed by atoms with Crippen LogP contribution in [-0.2, 0) is 25.8 Å². The first-order valence-electron chi connectivity index (χ1n) is 6.97. The molecule has 7 heteroatoms. The van der Waals surface area contributed by atoms with Crippen LogP contribution in [0.3, 0.4) is 0 Å². The Morgan fingerprint density at radius 2 is 1.68 bits per heavy atom. The van der Waals surface area contributed by atoms with Crippen molar-refractivity contribution in [1.29, 1.82) is 0 Å². The van der Waals surface area contributed by atoms with Crippen LogP contribution >= 0.6 is 0 Å². The van der Waals surface area contributed by atoms with E-state index in [1.54, 1.807) is 6.07 Å². The minimum atomic E-state index is -3.85. The second kappa shape index (κ2) is 6.22. The van der Waals surface area contributed by atoms with Gasteiger partial charge in [-0.3, -0.25) is 0 Å². The summed E-state index contributed by atoms with van der Waals surface area (Å²) in [6.45, 7) is 0.878. The molecule has 0 atom stereocenters. The maximum atomic E-state index is 11.9. The van der Waals surface area contributed by atoms with Gasteiger partial charge >= 0.3 is 7.12 Å². The van der Waals surface area contributed by atoms with Gasteiger partial charge in [0, 0.05) is 5.46 Å². The van der Waals surface area contributed by atoms with Crippen LogP contribution in [-0.4, -0.2) is 28.7 Å². The second-order valence-corrected chi connectivity index (χ2v) is 6.64. The van der Waals surface area contributed by atoms with Crippen LogP contribution in [0, 0.1) is 0 Å². The third-order valence-electron chi connectivity index (χ3n) is 3.56. The number of nitrogens with two attached hydrogens (primary N) is 1. The molecule has 0 saturated carbocycles. The van der Waals surface area contributed by atoms with Gasteiger partial charge < -0.3 is 9.31 Å². The Morgan fingerprint density at radius 1 is 1.00 bits per heavy atom. The summed E-state index contributed by atoms with van der Waals surface area (Å²) >= 11 is 0. The van der Waals surface area contributed by atoms with Crippen LogP contribution in [0.25, 0.3) is 0 Å². The van der Waals surface area contributed by atoms with Gasteiger partial charge in [0.1, 0.15) is 0 Å². The topological polar surface area (TPSA) is 78.6 Å². The summed E-state index contributed by atoms with van der Waals surface area (Å²) in [5.41, 5.74) is 2.42. The van der Waals surface area contributed by atoms with Gasteiger partial charge in [-0.1, -0.05) is 42.5 Å². The number of sulfonamides is 1. The highest BCUT2D eigenvalue weighted by Gasteiger charge is 2.33. The van der Waals surface area contributed by atoms with E-state index in [9.17, 15) is 8.42 Å². The highest BCUT2D eigenvalue weighted by molar-refractivity contribution is 7.89. The van der Waals surface area contributed by atoms with E-state index in [1.165, 1.54) is 6.07 Å². The summed E-state index contributed by atoms with van der Waals surface area (Å²) < 4.78 is 34.8. The van der Waals surface area contributed by atoms with Gasteiger partial charge in [-0.2, -0.15) is 0 Å². The fourth-order valence-corrected chi connectivity index (χ4v) is 3.40. The Labute approximate surface area is 130 Å². The van der Waals surface area contributed by atoms with Crippen molar-refractivity contribution in [2.45, 2.75) is 11.3 Å². The zero-order valence-corrected chi connectivity index (χ0v) is 12.8. The minimum Gasteiger partial charge on any atom is -0.405 e. The standard InChI is InChI=1S/C15H16BNO4S/c17-22(18,19)14-8-4-7-13(11-12-5-2-1-3-6-12)15(14)16-20-9-10-21-16/h1-8H,9-11H2,(H2,17,18,19). The van der Waals surface area contributed by atoms with E-state index in [0.29, 0.717) is 25.1 Å². The SMILES string of the molecule is NS(=O)(=O)c1cccc(Cc2ccccc2)c1B1OCCO1. The molecule has 0 bridgehead atoms. The van der Waals surface area contributed by atoms with E-state index in [1.807, 2.05) is 36.4 Å². The van der Waals surface area contributed by atoms with Crippen LogP contribution in [0.5, 0.6) is 0 Å². The zero-order chi connectivity index (χ0) is 15.6. The molecule has 1 saturated heterocycles. The lowest BCUT2D eigenvalue weighted by Crippen LogP contribution is -2.39. The molecule has 0 amide bonds. The normalized spacial score (nSPS) is 15.2. The summed E-state index contributed by atoms with van der Waals surface area (Å²) in [6, 6.07) is 14.9. The molecule has 1 heterocycles. The molecular formula is C15H16BNO4S. The van der Waals surface area contributed by atoms with Crippen molar-refractivity contribution in [3.05, 3.63) is 59.7 Å². The highest BCUT2D eigenvalue weighted by Crippen LogP contribution is 2.16. The van der Waals surface area contributed by atoms with E-state index in [-0.39, 0.29) is 4.90 Å². The van der Waals surface area contributed by atoms with E-state index < -0.39 is 17.1 Å². The number of hydrogen-bond donors (Lipinski definition) is 1. The largest absolute Gasteiger partial charge is 0.495 e. The van der Waals surface area contributed by atoms with Crippen molar-refractivity contribution in [3.63, 3.8) is 0 Å². The molecule has 1 aliphatic heterocycles. The molecule has 5 nitrogen and oxygen atoms in total. The summed E-state index contributed by atoms with van der Waals surface area (Å²) in [4.78, 5) is 0.0628. The van der Waals surface area contributed by atoms with Crippen LogP contribution in [0.2, 0.25) is 0 Å². The van der Waals surface area contributed by atoms with Crippen LogP contribution < -0.4 is 10.6 Å². The molecule has 1 fully saturated rings. The first kappa shape index (κ1) is 15.2. The lowest BCUT2D eigenvalue weighted by Gasteiger charge is -2.15. The molecule has 22 heavy (non-hydrogen) atoms. The number of benzene rings is 2. The second-order valence-electron chi connectivity index (χ2n) is 5.11. The van der Waals surface area contributed by atoms with Gasteiger partial charge in [-0.25, -0.2) is 13.6 Å². The van der Waals surface area contributed by atoms with Crippen LogP contribution in [0.15, 0.2) is 53.4 Å². The quantitative estimate of drug-likeness (QED) is 0.841. The Morgan fingerprint density at radius 3 is 2.32 bits per heavy atom. The summed E-state index contributed by atoms with van der Waals surface area (Å²) in [7, 11) is -4.53. The molecule has 0 unspecified atom stereocenters. The molecule has 114 valence electrons. The van der Waals surface area contributed by atoms with Gasteiger partial charge in [0.2, 0.25) is 10.0 Å². The fraction of sp³-hybridized carbons (Fsp3) is 0.200. The van der Waals surface area contributed by atoms with Gasteiger partial charge in [0.05, 0.1) is 18.1 Å². The molecule has 0 spiro atoms. The van der Waals surface area contributed by atoms with Gasteiger partial charge in [-0.15, -0.1) is 0 Å². The lowest BCUT2D eigenvalue weighted by atomic mass is 9.75. The Bertz CT molecular complexity index is 758. The third-order valence-corrected chi connectivity index (χ3v) is 4.53. The van der Waals surface area contributed by atoms with Gasteiger partial charge in [0.25, 0.3) is 0 Å². The smallest absolute Gasteiger partial charge is 0.405 e. The number of rotatable bonds is 4. The average Bonchev–Trinajstić information content (AvgIpc) is 3.01. The molecule has 2 N–H and O–H groups in total. The Kier molecular flexibility index (Phi) is 4.31. The summed E-state index contributed by atoms with van der Waals surface area (Å²) in [5.74, 6) is 0. The van der Waals surface area contributed by atoms with E-state index >= 15 is 0 Å². The fourth-order valence-electron chi connectivity index (χ4n) is 2.60.